The molecule has 1 spiro atoms. The van der Waals surface area contributed by atoms with Crippen molar-refractivity contribution >= 4 is 39.9 Å². The van der Waals surface area contributed by atoms with Crippen LogP contribution >= 0.6 is 12.4 Å². The van der Waals surface area contributed by atoms with Crippen LogP contribution in [-0.2, 0) is 21.2 Å². The summed E-state index contributed by atoms with van der Waals surface area (Å²) in [4.78, 5) is 31.1. The van der Waals surface area contributed by atoms with E-state index >= 15 is 0 Å². The molecule has 236 valence electrons. The van der Waals surface area contributed by atoms with Crippen molar-refractivity contribution in [2.45, 2.75) is 43.2 Å². The Balaban J connectivity index is 0.00000442. The maximum Gasteiger partial charge on any atom is 0.319 e. The Morgan fingerprint density at radius 2 is 1.57 bits per heavy atom. The molecule has 1 unspecified atom stereocenters. The summed E-state index contributed by atoms with van der Waals surface area (Å²) in [5, 5.41) is 6.05. The van der Waals surface area contributed by atoms with Crippen molar-refractivity contribution in [1.29, 1.82) is 0 Å². The molecule has 0 radical (unpaired) electrons. The topological polar surface area (TPSA) is 108 Å². The summed E-state index contributed by atoms with van der Waals surface area (Å²) in [5.41, 5.74) is 2.26. The van der Waals surface area contributed by atoms with Gasteiger partial charge in [-0.05, 0) is 74.2 Å². The molecule has 2 N–H and O–H groups in total. The summed E-state index contributed by atoms with van der Waals surface area (Å²) < 4.78 is 28.9. The van der Waals surface area contributed by atoms with Crippen LogP contribution in [0.15, 0.2) is 83.8 Å². The first kappa shape index (κ1) is 33.3. The molecule has 2 fully saturated rings. The standard InChI is InChI=1S/C33H40N4O5S.ClH/c1-42-30-11-7-6-10-29(30)35-32(39)34-28(26-8-4-3-5-9-26)16-20-36-21-17-33(18-22-36)19-23-37(31(33)38)24-25-12-14-27(15-13-25)43(2,40)41;/h3-15,28H,16-24H2,1-2H3,(H2,34,35,39);1H. The molecular weight excluding hydrogens is 600 g/mol. The molecule has 0 saturated carbocycles. The molecule has 2 heterocycles. The predicted molar refractivity (Wildman–Crippen MR) is 174 cm³/mol. The summed E-state index contributed by atoms with van der Waals surface area (Å²) in [7, 11) is -1.67. The van der Waals surface area contributed by atoms with E-state index in [0.717, 1.165) is 56.4 Å². The van der Waals surface area contributed by atoms with Gasteiger partial charge >= 0.3 is 6.03 Å². The van der Waals surface area contributed by atoms with Crippen molar-refractivity contribution in [2.24, 2.45) is 5.41 Å². The third-order valence-corrected chi connectivity index (χ3v) is 9.86. The minimum absolute atomic E-state index is 0. The molecule has 2 aliphatic rings. The van der Waals surface area contributed by atoms with Crippen LogP contribution in [0.4, 0.5) is 10.5 Å². The second-order valence-electron chi connectivity index (χ2n) is 11.6. The fourth-order valence-corrected chi connectivity index (χ4v) is 6.79. The normalized spacial score (nSPS) is 17.1. The Hall–Kier alpha value is -3.60. The number of likely N-dealkylation sites (tertiary alicyclic amines) is 2. The number of nitrogens with zero attached hydrogens (tertiary/aromatic N) is 2. The average molecular weight is 641 g/mol. The van der Waals surface area contributed by atoms with Crippen molar-refractivity contribution in [3.05, 3.63) is 90.0 Å². The van der Waals surface area contributed by atoms with Gasteiger partial charge in [-0.25, -0.2) is 13.2 Å². The second kappa shape index (κ2) is 14.5. The van der Waals surface area contributed by atoms with Gasteiger partial charge in [0, 0.05) is 25.9 Å². The molecule has 9 nitrogen and oxygen atoms in total. The fourth-order valence-electron chi connectivity index (χ4n) is 6.16. The van der Waals surface area contributed by atoms with Gasteiger partial charge in [0.15, 0.2) is 9.84 Å². The molecule has 0 bridgehead atoms. The number of rotatable bonds is 10. The number of amides is 3. The van der Waals surface area contributed by atoms with Crippen LogP contribution in [0.5, 0.6) is 5.75 Å². The van der Waals surface area contributed by atoms with E-state index in [0.29, 0.717) is 24.5 Å². The summed E-state index contributed by atoms with van der Waals surface area (Å²) in [5.74, 6) is 0.803. The van der Waals surface area contributed by atoms with E-state index in [1.807, 2.05) is 47.4 Å². The maximum absolute atomic E-state index is 13.5. The molecule has 3 amide bonds. The zero-order chi connectivity index (χ0) is 30.5. The summed E-state index contributed by atoms with van der Waals surface area (Å²) in [6.45, 7) is 3.67. The van der Waals surface area contributed by atoms with E-state index in [2.05, 4.69) is 15.5 Å². The van der Waals surface area contributed by atoms with Gasteiger partial charge in [-0.2, -0.15) is 0 Å². The van der Waals surface area contributed by atoms with Gasteiger partial charge in [-0.1, -0.05) is 54.6 Å². The number of piperidine rings is 1. The highest BCUT2D eigenvalue weighted by Gasteiger charge is 2.47. The smallest absolute Gasteiger partial charge is 0.319 e. The molecular formula is C33H41ClN4O5S. The van der Waals surface area contributed by atoms with Crippen LogP contribution in [-0.4, -0.2) is 69.7 Å². The van der Waals surface area contributed by atoms with Crippen molar-refractivity contribution in [2.75, 3.05) is 44.9 Å². The number of urea groups is 1. The Morgan fingerprint density at radius 3 is 2.23 bits per heavy atom. The number of carbonyl (C=O) groups excluding carboxylic acids is 2. The number of hydrogen-bond acceptors (Lipinski definition) is 6. The van der Waals surface area contributed by atoms with Crippen LogP contribution in [0.2, 0.25) is 0 Å². The highest BCUT2D eigenvalue weighted by atomic mass is 35.5. The van der Waals surface area contributed by atoms with Crippen molar-refractivity contribution < 1.29 is 22.7 Å². The lowest BCUT2D eigenvalue weighted by Crippen LogP contribution is -2.45. The van der Waals surface area contributed by atoms with Crippen molar-refractivity contribution in [1.82, 2.24) is 15.1 Å². The van der Waals surface area contributed by atoms with Gasteiger partial charge in [0.25, 0.3) is 0 Å². The number of hydrogen-bond donors (Lipinski definition) is 2. The number of carbonyl (C=O) groups is 2. The Labute approximate surface area is 266 Å². The number of para-hydroxylation sites is 2. The van der Waals surface area contributed by atoms with Crippen LogP contribution < -0.4 is 15.4 Å². The molecule has 2 saturated heterocycles. The lowest BCUT2D eigenvalue weighted by molar-refractivity contribution is -0.138. The molecule has 3 aromatic rings. The minimum atomic E-state index is -3.25. The number of halogens is 1. The van der Waals surface area contributed by atoms with Crippen LogP contribution in [0, 0.1) is 5.41 Å². The highest BCUT2D eigenvalue weighted by Crippen LogP contribution is 2.42. The zero-order valence-electron chi connectivity index (χ0n) is 25.2. The minimum Gasteiger partial charge on any atom is -0.495 e. The lowest BCUT2D eigenvalue weighted by atomic mass is 9.77. The van der Waals surface area contributed by atoms with E-state index in [9.17, 15) is 18.0 Å². The molecule has 0 aliphatic carbocycles. The highest BCUT2D eigenvalue weighted by molar-refractivity contribution is 7.90. The monoisotopic (exact) mass is 640 g/mol. The van der Waals surface area contributed by atoms with Crippen LogP contribution in [0.1, 0.15) is 42.9 Å². The molecule has 44 heavy (non-hydrogen) atoms. The van der Waals surface area contributed by atoms with Gasteiger partial charge in [0.05, 0.1) is 29.1 Å². The molecule has 0 aromatic heterocycles. The van der Waals surface area contributed by atoms with Crippen LogP contribution in [0.3, 0.4) is 0 Å². The predicted octanol–water partition coefficient (Wildman–Crippen LogP) is 5.29. The molecule has 5 rings (SSSR count). The Bertz CT molecular complexity index is 1530. The van der Waals surface area contributed by atoms with Gasteiger partial charge in [-0.15, -0.1) is 12.4 Å². The van der Waals surface area contributed by atoms with Gasteiger partial charge in [0.1, 0.15) is 5.75 Å². The Kier molecular flexibility index (Phi) is 10.9. The van der Waals surface area contributed by atoms with Gasteiger partial charge in [-0.3, -0.25) is 4.79 Å². The third-order valence-electron chi connectivity index (χ3n) is 8.74. The number of sulfone groups is 1. The quantitative estimate of drug-likeness (QED) is 0.312. The zero-order valence-corrected chi connectivity index (χ0v) is 26.8. The Morgan fingerprint density at radius 1 is 0.932 bits per heavy atom. The fraction of sp³-hybridized carbons (Fsp3) is 0.394. The number of ether oxygens (including phenoxy) is 1. The largest absolute Gasteiger partial charge is 0.495 e. The summed E-state index contributed by atoms with van der Waals surface area (Å²) >= 11 is 0. The van der Waals surface area contributed by atoms with E-state index in [4.69, 9.17) is 4.74 Å². The SMILES string of the molecule is COc1ccccc1NC(=O)NC(CCN1CCC2(CC1)CCN(Cc1ccc(S(C)(=O)=O)cc1)C2=O)c1ccccc1.Cl. The van der Waals surface area contributed by atoms with E-state index in [1.165, 1.54) is 6.26 Å². The number of anilines is 1. The number of methoxy groups -OCH3 is 1. The first-order valence-electron chi connectivity index (χ1n) is 14.7. The molecule has 11 heteroatoms. The second-order valence-corrected chi connectivity index (χ2v) is 13.6. The number of nitrogens with one attached hydrogen (secondary N) is 2. The first-order valence-corrected chi connectivity index (χ1v) is 16.6. The van der Waals surface area contributed by atoms with Gasteiger partial charge in [0.2, 0.25) is 5.91 Å². The third kappa shape index (κ3) is 7.91. The van der Waals surface area contributed by atoms with E-state index in [-0.39, 0.29) is 40.7 Å². The van der Waals surface area contributed by atoms with E-state index in [1.54, 1.807) is 43.5 Å². The van der Waals surface area contributed by atoms with E-state index < -0.39 is 9.84 Å². The molecule has 1 atom stereocenters. The lowest BCUT2D eigenvalue weighted by Gasteiger charge is -2.38. The maximum atomic E-state index is 13.5. The molecule has 3 aromatic carbocycles. The van der Waals surface area contributed by atoms with Crippen molar-refractivity contribution in [3.63, 3.8) is 0 Å². The summed E-state index contributed by atoms with van der Waals surface area (Å²) in [6.07, 6.45) is 4.40. The number of benzene rings is 3. The van der Waals surface area contributed by atoms with Crippen LogP contribution in [0.25, 0.3) is 0 Å². The first-order chi connectivity index (χ1) is 20.7. The molecule has 2 aliphatic heterocycles. The average Bonchev–Trinajstić information content (AvgIpc) is 3.30. The summed E-state index contributed by atoms with van der Waals surface area (Å²) in [6, 6.07) is 23.6. The van der Waals surface area contributed by atoms with Crippen molar-refractivity contribution in [3.8, 4) is 5.75 Å². The van der Waals surface area contributed by atoms with Gasteiger partial charge < -0.3 is 25.2 Å².